The first-order valence-electron chi connectivity index (χ1n) is 10.4. The minimum atomic E-state index is -0.963. The summed E-state index contributed by atoms with van der Waals surface area (Å²) in [7, 11) is 0. The summed E-state index contributed by atoms with van der Waals surface area (Å²) >= 11 is 0. The average molecular weight is 413 g/mol. The first-order valence-corrected chi connectivity index (χ1v) is 10.4. The van der Waals surface area contributed by atoms with E-state index in [0.29, 0.717) is 37.8 Å². The molecular weight excluding hydrogens is 385 g/mol. The number of ether oxygens (including phenoxy) is 1. The van der Waals surface area contributed by atoms with Crippen LogP contribution in [0, 0.1) is 19.3 Å². The van der Waals surface area contributed by atoms with E-state index in [0.717, 1.165) is 34.6 Å². The molecule has 160 valence electrons. The zero-order valence-corrected chi connectivity index (χ0v) is 17.4. The Labute approximate surface area is 175 Å². The van der Waals surface area contributed by atoms with Gasteiger partial charge in [0, 0.05) is 43.2 Å². The molecule has 2 fully saturated rings. The molecule has 0 spiro atoms. The molecule has 4 rings (SSSR count). The fraction of sp³-hybridized carbons (Fsp3) is 0.500. The van der Waals surface area contributed by atoms with Crippen molar-refractivity contribution in [3.8, 4) is 0 Å². The Bertz CT molecular complexity index is 932. The largest absolute Gasteiger partial charge is 0.389 e. The quantitative estimate of drug-likeness (QED) is 0.652. The summed E-state index contributed by atoms with van der Waals surface area (Å²) in [6.45, 7) is 5.67. The molecule has 2 atom stereocenters. The van der Waals surface area contributed by atoms with E-state index >= 15 is 0 Å². The van der Waals surface area contributed by atoms with Crippen molar-refractivity contribution < 1.29 is 14.2 Å². The molecular formula is C22H28FN5O2. The highest BCUT2D eigenvalue weighted by molar-refractivity contribution is 5.88. The van der Waals surface area contributed by atoms with Gasteiger partial charge in [0.25, 0.3) is 0 Å². The van der Waals surface area contributed by atoms with Crippen LogP contribution in [0.3, 0.4) is 0 Å². The van der Waals surface area contributed by atoms with Crippen LogP contribution in [0.25, 0.3) is 0 Å². The van der Waals surface area contributed by atoms with E-state index in [9.17, 15) is 9.50 Å². The van der Waals surface area contributed by atoms with Crippen LogP contribution in [0.15, 0.2) is 18.2 Å². The van der Waals surface area contributed by atoms with Gasteiger partial charge in [0.05, 0.1) is 12.7 Å². The molecule has 3 heterocycles. The normalized spacial score (nSPS) is 22.3. The van der Waals surface area contributed by atoms with Crippen LogP contribution in [0.1, 0.15) is 41.3 Å². The van der Waals surface area contributed by atoms with Gasteiger partial charge in [-0.25, -0.2) is 14.4 Å². The van der Waals surface area contributed by atoms with Gasteiger partial charge < -0.3 is 25.5 Å². The van der Waals surface area contributed by atoms with E-state index in [-0.39, 0.29) is 18.6 Å². The zero-order valence-electron chi connectivity index (χ0n) is 17.4. The second-order valence-corrected chi connectivity index (χ2v) is 8.18. The number of nitrogens with zero attached hydrogens (tertiary/aromatic N) is 3. The van der Waals surface area contributed by atoms with Crippen molar-refractivity contribution in [3.05, 3.63) is 40.7 Å². The topological polar surface area (TPSA) is 94.4 Å². The Morgan fingerprint density at radius 3 is 2.80 bits per heavy atom. The van der Waals surface area contributed by atoms with Crippen molar-refractivity contribution in [1.29, 1.82) is 5.41 Å². The maximum atomic E-state index is 14.1. The van der Waals surface area contributed by atoms with Crippen LogP contribution in [-0.4, -0.2) is 59.9 Å². The summed E-state index contributed by atoms with van der Waals surface area (Å²) < 4.78 is 19.5. The second kappa shape index (κ2) is 8.65. The summed E-state index contributed by atoms with van der Waals surface area (Å²) in [5, 5.41) is 20.7. The van der Waals surface area contributed by atoms with Gasteiger partial charge in [0.15, 0.2) is 0 Å². The van der Waals surface area contributed by atoms with Crippen molar-refractivity contribution in [2.45, 2.75) is 44.9 Å². The molecule has 2 saturated heterocycles. The predicted octanol–water partition coefficient (Wildman–Crippen LogP) is 3.25. The van der Waals surface area contributed by atoms with Crippen LogP contribution < -0.4 is 10.2 Å². The van der Waals surface area contributed by atoms with Crippen LogP contribution in [0.2, 0.25) is 0 Å². The maximum absolute atomic E-state index is 14.1. The maximum Gasteiger partial charge on any atom is 0.136 e. The Morgan fingerprint density at radius 2 is 2.07 bits per heavy atom. The molecule has 2 aromatic rings. The van der Waals surface area contributed by atoms with Crippen molar-refractivity contribution in [1.82, 2.24) is 9.97 Å². The highest BCUT2D eigenvalue weighted by Crippen LogP contribution is 2.35. The lowest BCUT2D eigenvalue weighted by Gasteiger charge is -2.37. The van der Waals surface area contributed by atoms with Crippen molar-refractivity contribution in [3.63, 3.8) is 0 Å². The molecule has 7 nitrogen and oxygen atoms in total. The Morgan fingerprint density at radius 1 is 1.27 bits per heavy atom. The number of aromatic nitrogens is 2. The summed E-state index contributed by atoms with van der Waals surface area (Å²) in [5.74, 6) is 2.10. The highest BCUT2D eigenvalue weighted by Gasteiger charge is 2.27. The minimum absolute atomic E-state index is 0.0769. The minimum Gasteiger partial charge on any atom is -0.389 e. The number of hydrogen-bond acceptors (Lipinski definition) is 7. The van der Waals surface area contributed by atoms with Crippen molar-refractivity contribution in [2.75, 3.05) is 36.5 Å². The van der Waals surface area contributed by atoms with Crippen LogP contribution in [0.5, 0.6) is 0 Å². The summed E-state index contributed by atoms with van der Waals surface area (Å²) in [6, 6.07) is 5.83. The van der Waals surface area contributed by atoms with Crippen LogP contribution >= 0.6 is 0 Å². The molecule has 2 aliphatic heterocycles. The van der Waals surface area contributed by atoms with Gasteiger partial charge in [0.2, 0.25) is 0 Å². The summed E-state index contributed by atoms with van der Waals surface area (Å²) in [5.41, 5.74) is 3.63. The third-order valence-corrected chi connectivity index (χ3v) is 5.76. The highest BCUT2D eigenvalue weighted by atomic mass is 19.1. The number of hydrogen-bond donors (Lipinski definition) is 3. The summed E-state index contributed by atoms with van der Waals surface area (Å²) in [4.78, 5) is 10.9. The van der Waals surface area contributed by atoms with Crippen molar-refractivity contribution >= 4 is 23.5 Å². The van der Waals surface area contributed by atoms with Gasteiger partial charge in [-0.1, -0.05) is 0 Å². The first-order chi connectivity index (χ1) is 14.4. The van der Waals surface area contributed by atoms with Gasteiger partial charge >= 0.3 is 0 Å². The Kier molecular flexibility index (Phi) is 5.97. The fourth-order valence-electron chi connectivity index (χ4n) is 4.19. The van der Waals surface area contributed by atoms with Gasteiger partial charge in [-0.05, 0) is 55.9 Å². The standard InChI is InChI=1S/C22H28FN5O2/c1-13-5-16(9-24)20(7-19(13)15-3-4-30-12-17(23)6-15)27-21-8-22(26-14(2)25-21)28-10-18(29)11-28/h5,7-9,15,17-18,24,29H,3-4,6,10-12H2,1-2H3,(H,25,26,27). The van der Waals surface area contributed by atoms with E-state index in [1.165, 1.54) is 6.21 Å². The number of benzene rings is 1. The average Bonchev–Trinajstić information content (AvgIpc) is 2.90. The number of alkyl halides is 1. The van der Waals surface area contributed by atoms with Gasteiger partial charge in [-0.3, -0.25) is 0 Å². The number of aliphatic hydroxyl groups is 1. The molecule has 0 aliphatic carbocycles. The number of nitrogens with one attached hydrogen (secondary N) is 2. The molecule has 0 bridgehead atoms. The number of halogens is 1. The molecule has 30 heavy (non-hydrogen) atoms. The van der Waals surface area contributed by atoms with Crippen LogP contribution in [-0.2, 0) is 4.74 Å². The molecule has 2 aliphatic rings. The number of anilines is 3. The van der Waals surface area contributed by atoms with Gasteiger partial charge in [-0.2, -0.15) is 0 Å². The molecule has 1 aromatic heterocycles. The van der Waals surface area contributed by atoms with Gasteiger partial charge in [-0.15, -0.1) is 0 Å². The number of β-amino-alcohol motifs (C(OH)–C–C–N with tert-alkyl or cyclic N) is 1. The smallest absolute Gasteiger partial charge is 0.136 e. The Balaban J connectivity index is 1.64. The van der Waals surface area contributed by atoms with E-state index in [1.54, 1.807) is 0 Å². The summed E-state index contributed by atoms with van der Waals surface area (Å²) in [6.07, 6.45) is 1.25. The molecule has 0 saturated carbocycles. The molecule has 0 radical (unpaired) electrons. The third-order valence-electron chi connectivity index (χ3n) is 5.76. The lowest BCUT2D eigenvalue weighted by molar-refractivity contribution is 0.0971. The second-order valence-electron chi connectivity index (χ2n) is 8.18. The van der Waals surface area contributed by atoms with Crippen molar-refractivity contribution in [2.24, 2.45) is 0 Å². The first kappa shape index (κ1) is 20.7. The van der Waals surface area contributed by atoms with E-state index < -0.39 is 6.17 Å². The number of aryl methyl sites for hydroxylation is 2. The fourth-order valence-corrected chi connectivity index (χ4v) is 4.19. The molecule has 2 unspecified atom stereocenters. The monoisotopic (exact) mass is 413 g/mol. The van der Waals surface area contributed by atoms with E-state index in [1.807, 2.05) is 36.9 Å². The zero-order chi connectivity index (χ0) is 21.3. The lowest BCUT2D eigenvalue weighted by Crippen LogP contribution is -2.51. The molecule has 0 amide bonds. The Hall–Kier alpha value is -2.58. The molecule has 3 N–H and O–H groups in total. The van der Waals surface area contributed by atoms with E-state index in [4.69, 9.17) is 10.1 Å². The molecule has 1 aromatic carbocycles. The van der Waals surface area contributed by atoms with Gasteiger partial charge in [0.1, 0.15) is 23.6 Å². The number of aliphatic hydroxyl groups excluding tert-OH is 1. The number of rotatable bonds is 5. The predicted molar refractivity (Wildman–Crippen MR) is 115 cm³/mol. The lowest BCUT2D eigenvalue weighted by atomic mass is 9.87. The van der Waals surface area contributed by atoms with E-state index in [2.05, 4.69) is 15.3 Å². The third kappa shape index (κ3) is 4.44. The van der Waals surface area contributed by atoms with Crippen LogP contribution in [0.4, 0.5) is 21.7 Å². The molecule has 8 heteroatoms. The SMILES string of the molecule is Cc1nc(Nc2cc(C3CCOCC(F)C3)c(C)cc2C=N)cc(N2CC(O)C2)n1.